The van der Waals surface area contributed by atoms with Crippen LogP contribution in [0.15, 0.2) is 0 Å². The van der Waals surface area contributed by atoms with E-state index in [4.69, 9.17) is 18.0 Å². The molecule has 1 aliphatic heterocycles. The zero-order chi connectivity index (χ0) is 12.3. The van der Waals surface area contributed by atoms with Crippen LogP contribution in [0.2, 0.25) is 0 Å². The number of hydrogen-bond donors (Lipinski definition) is 2. The van der Waals surface area contributed by atoms with Crippen LogP contribution in [-0.4, -0.2) is 34.5 Å². The van der Waals surface area contributed by atoms with Gasteiger partial charge in [0, 0.05) is 13.1 Å². The normalized spacial score (nSPS) is 23.4. The van der Waals surface area contributed by atoms with E-state index in [2.05, 4.69) is 5.32 Å². The smallest absolute Gasteiger partial charge is 0.318 e. The monoisotopic (exact) mass is 255 g/mol. The lowest BCUT2D eigenvalue weighted by Crippen LogP contribution is -2.58. The first-order valence-electron chi connectivity index (χ1n) is 6.51. The van der Waals surface area contributed by atoms with Crippen molar-refractivity contribution in [3.8, 4) is 0 Å². The molecule has 3 N–H and O–H groups in total. The molecule has 96 valence electrons. The van der Waals surface area contributed by atoms with Crippen molar-refractivity contribution in [2.75, 3.05) is 13.1 Å². The molecule has 17 heavy (non-hydrogen) atoms. The molecular weight excluding hydrogens is 234 g/mol. The van der Waals surface area contributed by atoms with Crippen molar-refractivity contribution in [2.24, 2.45) is 5.73 Å². The number of rotatable bonds is 2. The van der Waals surface area contributed by atoms with Gasteiger partial charge in [-0.1, -0.05) is 25.1 Å². The molecule has 0 aromatic heterocycles. The maximum Gasteiger partial charge on any atom is 0.318 e. The minimum atomic E-state index is -0.413. The van der Waals surface area contributed by atoms with Gasteiger partial charge in [0.15, 0.2) is 0 Å². The molecule has 0 bridgehead atoms. The van der Waals surface area contributed by atoms with Gasteiger partial charge in [-0.15, -0.1) is 0 Å². The van der Waals surface area contributed by atoms with Gasteiger partial charge in [-0.25, -0.2) is 4.79 Å². The van der Waals surface area contributed by atoms with Crippen molar-refractivity contribution in [3.63, 3.8) is 0 Å². The second kappa shape index (κ2) is 5.21. The number of piperidine rings is 1. The van der Waals surface area contributed by atoms with E-state index in [0.29, 0.717) is 4.99 Å². The molecule has 1 saturated heterocycles. The number of carbonyl (C=O) groups is 1. The topological polar surface area (TPSA) is 58.4 Å². The Kier molecular flexibility index (Phi) is 3.86. The summed E-state index contributed by atoms with van der Waals surface area (Å²) in [6.07, 6.45) is 7.41. The molecule has 0 radical (unpaired) electrons. The summed E-state index contributed by atoms with van der Waals surface area (Å²) in [6.45, 7) is 1.72. The van der Waals surface area contributed by atoms with E-state index in [1.54, 1.807) is 0 Å². The Morgan fingerprint density at radius 3 is 2.24 bits per heavy atom. The van der Waals surface area contributed by atoms with Gasteiger partial charge in [0.2, 0.25) is 0 Å². The van der Waals surface area contributed by atoms with Crippen molar-refractivity contribution >= 4 is 23.2 Å². The first-order valence-corrected chi connectivity index (χ1v) is 6.92. The van der Waals surface area contributed by atoms with Gasteiger partial charge in [0.1, 0.15) is 0 Å². The quantitative estimate of drug-likeness (QED) is 0.740. The Hall–Kier alpha value is -0.840. The summed E-state index contributed by atoms with van der Waals surface area (Å²) in [7, 11) is 0. The molecule has 1 heterocycles. The van der Waals surface area contributed by atoms with Crippen LogP contribution in [0.1, 0.15) is 44.9 Å². The first-order chi connectivity index (χ1) is 8.14. The highest BCUT2D eigenvalue weighted by molar-refractivity contribution is 7.80. The van der Waals surface area contributed by atoms with Gasteiger partial charge in [-0.2, -0.15) is 0 Å². The summed E-state index contributed by atoms with van der Waals surface area (Å²) in [6, 6.07) is 0.0133. The predicted octanol–water partition coefficient (Wildman–Crippen LogP) is 1.78. The van der Waals surface area contributed by atoms with Crippen LogP contribution in [0.3, 0.4) is 0 Å². The third kappa shape index (κ3) is 2.70. The molecule has 5 heteroatoms. The number of nitrogens with zero attached hydrogens (tertiary/aromatic N) is 1. The summed E-state index contributed by atoms with van der Waals surface area (Å²) in [4.78, 5) is 14.5. The van der Waals surface area contributed by atoms with Crippen molar-refractivity contribution in [2.45, 2.75) is 50.5 Å². The van der Waals surface area contributed by atoms with Gasteiger partial charge in [-0.05, 0) is 32.1 Å². The van der Waals surface area contributed by atoms with E-state index in [1.165, 1.54) is 6.42 Å². The van der Waals surface area contributed by atoms with Gasteiger partial charge in [0.05, 0.1) is 10.5 Å². The molecule has 2 fully saturated rings. The highest BCUT2D eigenvalue weighted by Crippen LogP contribution is 2.30. The second-order valence-electron chi connectivity index (χ2n) is 5.13. The molecule has 4 nitrogen and oxygen atoms in total. The van der Waals surface area contributed by atoms with E-state index >= 15 is 0 Å². The van der Waals surface area contributed by atoms with Crippen molar-refractivity contribution < 1.29 is 4.79 Å². The Morgan fingerprint density at radius 2 is 1.71 bits per heavy atom. The third-order valence-corrected chi connectivity index (χ3v) is 4.31. The second-order valence-corrected chi connectivity index (χ2v) is 5.57. The number of carbonyl (C=O) groups excluding carboxylic acids is 1. The summed E-state index contributed by atoms with van der Waals surface area (Å²) in [5, 5.41) is 3.08. The molecule has 0 unspecified atom stereocenters. The SMILES string of the molecule is NC(=S)C1(NC(=O)N2CCCCC2)CCCC1. The zero-order valence-corrected chi connectivity index (χ0v) is 11.0. The first kappa shape index (κ1) is 12.6. The molecule has 0 atom stereocenters. The van der Waals surface area contributed by atoms with Gasteiger partial charge < -0.3 is 16.0 Å². The Labute approximate surface area is 108 Å². The van der Waals surface area contributed by atoms with Gasteiger partial charge >= 0.3 is 6.03 Å². The van der Waals surface area contributed by atoms with Crippen LogP contribution in [0, 0.1) is 0 Å². The largest absolute Gasteiger partial charge is 0.391 e. The van der Waals surface area contributed by atoms with Crippen LogP contribution in [0.25, 0.3) is 0 Å². The lowest BCUT2D eigenvalue weighted by Gasteiger charge is -2.34. The van der Waals surface area contributed by atoms with E-state index in [-0.39, 0.29) is 6.03 Å². The molecule has 1 aliphatic carbocycles. The molecule has 2 amide bonds. The number of urea groups is 1. The Morgan fingerprint density at radius 1 is 1.12 bits per heavy atom. The summed E-state index contributed by atoms with van der Waals surface area (Å²) < 4.78 is 0. The number of amides is 2. The molecule has 0 aromatic rings. The minimum Gasteiger partial charge on any atom is -0.391 e. The van der Waals surface area contributed by atoms with Crippen LogP contribution in [0.4, 0.5) is 4.79 Å². The Bertz CT molecular complexity index is 307. The lowest BCUT2D eigenvalue weighted by molar-refractivity contribution is 0.179. The molecule has 2 rings (SSSR count). The summed E-state index contributed by atoms with van der Waals surface area (Å²) in [5.41, 5.74) is 5.40. The summed E-state index contributed by atoms with van der Waals surface area (Å²) in [5.74, 6) is 0. The standard InChI is InChI=1S/C12H21N3OS/c13-10(17)12(6-2-3-7-12)14-11(16)15-8-4-1-5-9-15/h1-9H2,(H2,13,17)(H,14,16). The third-order valence-electron chi connectivity index (χ3n) is 3.92. The minimum absolute atomic E-state index is 0.0133. The fraction of sp³-hybridized carbons (Fsp3) is 0.833. The number of nitrogens with one attached hydrogen (secondary N) is 1. The zero-order valence-electron chi connectivity index (χ0n) is 10.2. The highest BCUT2D eigenvalue weighted by Gasteiger charge is 2.39. The fourth-order valence-electron chi connectivity index (χ4n) is 2.79. The number of nitrogens with two attached hydrogens (primary N) is 1. The Balaban J connectivity index is 1.98. The van der Waals surface area contributed by atoms with Gasteiger partial charge in [-0.3, -0.25) is 0 Å². The summed E-state index contributed by atoms with van der Waals surface area (Å²) >= 11 is 5.13. The fourth-order valence-corrected chi connectivity index (χ4v) is 3.05. The maximum absolute atomic E-state index is 12.2. The maximum atomic E-state index is 12.2. The molecule has 2 aliphatic rings. The van der Waals surface area contributed by atoms with Crippen LogP contribution >= 0.6 is 12.2 Å². The number of thiocarbonyl (C=S) groups is 1. The lowest BCUT2D eigenvalue weighted by atomic mass is 9.98. The van der Waals surface area contributed by atoms with Crippen molar-refractivity contribution in [1.29, 1.82) is 0 Å². The van der Waals surface area contributed by atoms with Crippen molar-refractivity contribution in [1.82, 2.24) is 10.2 Å². The van der Waals surface area contributed by atoms with E-state index in [0.717, 1.165) is 51.6 Å². The van der Waals surface area contributed by atoms with Crippen LogP contribution < -0.4 is 11.1 Å². The van der Waals surface area contributed by atoms with E-state index in [1.807, 2.05) is 4.90 Å². The molecule has 0 spiro atoms. The average molecular weight is 255 g/mol. The molecule has 1 saturated carbocycles. The number of likely N-dealkylation sites (tertiary alicyclic amines) is 1. The van der Waals surface area contributed by atoms with E-state index < -0.39 is 5.54 Å². The highest BCUT2D eigenvalue weighted by atomic mass is 32.1. The van der Waals surface area contributed by atoms with Crippen LogP contribution in [0.5, 0.6) is 0 Å². The van der Waals surface area contributed by atoms with Crippen molar-refractivity contribution in [3.05, 3.63) is 0 Å². The number of hydrogen-bond acceptors (Lipinski definition) is 2. The molecular formula is C12H21N3OS. The van der Waals surface area contributed by atoms with Crippen LogP contribution in [-0.2, 0) is 0 Å². The van der Waals surface area contributed by atoms with Gasteiger partial charge in [0.25, 0.3) is 0 Å². The predicted molar refractivity (Wildman–Crippen MR) is 71.9 cm³/mol. The molecule has 0 aromatic carbocycles. The average Bonchev–Trinajstić information content (AvgIpc) is 2.80. The van der Waals surface area contributed by atoms with E-state index in [9.17, 15) is 4.79 Å².